The Kier molecular flexibility index (Phi) is 5.67. The van der Waals surface area contributed by atoms with Crippen molar-refractivity contribution in [2.75, 3.05) is 20.2 Å². The van der Waals surface area contributed by atoms with Crippen molar-refractivity contribution in [3.05, 3.63) is 41.9 Å². The van der Waals surface area contributed by atoms with Crippen LogP contribution in [0.1, 0.15) is 43.9 Å². The summed E-state index contributed by atoms with van der Waals surface area (Å²) in [5.74, 6) is 1.95. The number of likely N-dealkylation sites (tertiary alicyclic amines) is 1. The van der Waals surface area contributed by atoms with E-state index >= 15 is 0 Å². The van der Waals surface area contributed by atoms with Gasteiger partial charge >= 0.3 is 0 Å². The van der Waals surface area contributed by atoms with Crippen molar-refractivity contribution < 1.29 is 9.47 Å². The minimum Gasteiger partial charge on any atom is -0.493 e. The molecule has 3 aromatic rings. The van der Waals surface area contributed by atoms with Gasteiger partial charge in [0.1, 0.15) is 5.52 Å². The number of fused-ring (bicyclic) bond motifs is 1. The Morgan fingerprint density at radius 1 is 1.17 bits per heavy atom. The van der Waals surface area contributed by atoms with Crippen LogP contribution in [-0.2, 0) is 13.6 Å². The van der Waals surface area contributed by atoms with Gasteiger partial charge in [0.25, 0.3) is 0 Å². The van der Waals surface area contributed by atoms with E-state index in [0.29, 0.717) is 5.92 Å². The highest BCUT2D eigenvalue weighted by molar-refractivity contribution is 5.73. The summed E-state index contributed by atoms with van der Waals surface area (Å²) in [4.78, 5) is 11.5. The fraction of sp³-hybridized carbons (Fsp3) is 0.500. The second-order valence-corrected chi connectivity index (χ2v) is 7.96. The van der Waals surface area contributed by atoms with Crippen molar-refractivity contribution in [2.24, 2.45) is 7.05 Å². The second kappa shape index (κ2) is 8.37. The third-order valence-corrected chi connectivity index (χ3v) is 5.37. The molecular formula is C22H29N5O2. The highest BCUT2D eigenvalue weighted by atomic mass is 16.5. The summed E-state index contributed by atoms with van der Waals surface area (Å²) in [5.41, 5.74) is 4.08. The first-order chi connectivity index (χ1) is 14.0. The van der Waals surface area contributed by atoms with Gasteiger partial charge in [-0.3, -0.25) is 4.90 Å². The van der Waals surface area contributed by atoms with Gasteiger partial charge in [-0.25, -0.2) is 14.6 Å². The number of rotatable bonds is 6. The fourth-order valence-electron chi connectivity index (χ4n) is 4.13. The maximum absolute atomic E-state index is 5.94. The van der Waals surface area contributed by atoms with E-state index < -0.39 is 0 Å². The van der Waals surface area contributed by atoms with E-state index in [1.165, 1.54) is 5.56 Å². The van der Waals surface area contributed by atoms with Crippen LogP contribution in [0.2, 0.25) is 0 Å². The highest BCUT2D eigenvalue weighted by Crippen LogP contribution is 2.32. The van der Waals surface area contributed by atoms with Crippen LogP contribution >= 0.6 is 0 Å². The van der Waals surface area contributed by atoms with Crippen molar-refractivity contribution in [1.29, 1.82) is 0 Å². The Balaban J connectivity index is 1.52. The van der Waals surface area contributed by atoms with Crippen LogP contribution < -0.4 is 9.47 Å². The van der Waals surface area contributed by atoms with Crippen molar-refractivity contribution in [3.63, 3.8) is 0 Å². The predicted octanol–water partition coefficient (Wildman–Crippen LogP) is 3.54. The lowest BCUT2D eigenvalue weighted by atomic mass is 9.94. The van der Waals surface area contributed by atoms with E-state index in [1.54, 1.807) is 19.5 Å². The van der Waals surface area contributed by atoms with Gasteiger partial charge in [-0.2, -0.15) is 5.10 Å². The average Bonchev–Trinajstić information content (AvgIpc) is 3.05. The molecule has 4 rings (SSSR count). The Morgan fingerprint density at radius 2 is 2.00 bits per heavy atom. The molecule has 0 bridgehead atoms. The molecule has 1 aliphatic heterocycles. The van der Waals surface area contributed by atoms with Gasteiger partial charge in [-0.1, -0.05) is 6.07 Å². The molecule has 1 aliphatic rings. The molecule has 1 fully saturated rings. The number of nitrogens with zero attached hydrogens (tertiary/aromatic N) is 5. The zero-order valence-corrected chi connectivity index (χ0v) is 17.6. The van der Waals surface area contributed by atoms with E-state index in [2.05, 4.69) is 27.0 Å². The zero-order chi connectivity index (χ0) is 20.4. The van der Waals surface area contributed by atoms with Gasteiger partial charge in [0.2, 0.25) is 0 Å². The molecule has 1 atom stereocenters. The minimum atomic E-state index is 0.108. The second-order valence-electron chi connectivity index (χ2n) is 7.96. The summed E-state index contributed by atoms with van der Waals surface area (Å²) < 4.78 is 13.2. The van der Waals surface area contributed by atoms with Crippen LogP contribution in [0.3, 0.4) is 0 Å². The fourth-order valence-corrected chi connectivity index (χ4v) is 4.13. The summed E-state index contributed by atoms with van der Waals surface area (Å²) >= 11 is 0. The molecule has 0 saturated carbocycles. The number of ether oxygens (including phenoxy) is 2. The molecule has 0 amide bonds. The first-order valence-corrected chi connectivity index (χ1v) is 10.2. The normalized spacial score (nSPS) is 17.8. The van der Waals surface area contributed by atoms with Crippen molar-refractivity contribution >= 4 is 11.2 Å². The van der Waals surface area contributed by atoms with Gasteiger partial charge in [0.15, 0.2) is 17.1 Å². The Morgan fingerprint density at radius 3 is 2.79 bits per heavy atom. The van der Waals surface area contributed by atoms with Crippen molar-refractivity contribution in [2.45, 2.75) is 45.3 Å². The Hall–Kier alpha value is -2.67. The predicted molar refractivity (Wildman–Crippen MR) is 112 cm³/mol. The molecule has 1 saturated heterocycles. The van der Waals surface area contributed by atoms with Gasteiger partial charge < -0.3 is 9.47 Å². The topological polar surface area (TPSA) is 65.3 Å². The van der Waals surface area contributed by atoms with Gasteiger partial charge in [-0.05, 0) is 50.9 Å². The first kappa shape index (κ1) is 19.6. The van der Waals surface area contributed by atoms with Crippen LogP contribution in [0.15, 0.2) is 30.6 Å². The molecule has 3 heterocycles. The molecule has 7 heteroatoms. The van der Waals surface area contributed by atoms with Gasteiger partial charge in [-0.15, -0.1) is 0 Å². The summed E-state index contributed by atoms with van der Waals surface area (Å²) in [6, 6.07) is 6.22. The van der Waals surface area contributed by atoms with Crippen LogP contribution in [0.5, 0.6) is 11.5 Å². The summed E-state index contributed by atoms with van der Waals surface area (Å²) in [7, 11) is 3.62. The largest absolute Gasteiger partial charge is 0.493 e. The zero-order valence-electron chi connectivity index (χ0n) is 17.6. The standard InChI is InChI=1S/C22H29N5O2/c1-15(2)29-19-12-16(7-8-18(19)28-4)13-27-11-5-6-17(14-27)20-21-22(26(3)25-20)24-10-9-23-21/h7-10,12,15,17H,5-6,11,13-14H2,1-4H3/t17-/m1/s1. The molecule has 0 N–H and O–H groups in total. The minimum absolute atomic E-state index is 0.108. The third kappa shape index (κ3) is 4.19. The van der Waals surface area contributed by atoms with Crippen molar-refractivity contribution in [1.82, 2.24) is 24.6 Å². The molecule has 29 heavy (non-hydrogen) atoms. The molecular weight excluding hydrogens is 366 g/mol. The number of methoxy groups -OCH3 is 1. The number of piperidine rings is 1. The number of hydrogen-bond acceptors (Lipinski definition) is 6. The van der Waals surface area contributed by atoms with Gasteiger partial charge in [0, 0.05) is 38.4 Å². The summed E-state index contributed by atoms with van der Waals surface area (Å²) in [6.07, 6.45) is 5.86. The van der Waals surface area contributed by atoms with Crippen molar-refractivity contribution in [3.8, 4) is 11.5 Å². The maximum atomic E-state index is 5.94. The number of aryl methyl sites for hydroxylation is 1. The van der Waals surface area contributed by atoms with Crippen LogP contribution in [0.4, 0.5) is 0 Å². The van der Waals surface area contributed by atoms with E-state index in [0.717, 1.165) is 60.8 Å². The third-order valence-electron chi connectivity index (χ3n) is 5.37. The average molecular weight is 396 g/mol. The molecule has 0 spiro atoms. The smallest absolute Gasteiger partial charge is 0.176 e. The monoisotopic (exact) mass is 395 g/mol. The number of benzene rings is 1. The lowest BCUT2D eigenvalue weighted by Gasteiger charge is -2.32. The summed E-state index contributed by atoms with van der Waals surface area (Å²) in [6.45, 7) is 6.99. The molecule has 0 radical (unpaired) electrons. The quantitative estimate of drug-likeness (QED) is 0.636. The molecule has 7 nitrogen and oxygen atoms in total. The highest BCUT2D eigenvalue weighted by Gasteiger charge is 2.26. The van der Waals surface area contributed by atoms with Crippen LogP contribution in [0, 0.1) is 0 Å². The van der Waals surface area contributed by atoms with E-state index in [-0.39, 0.29) is 6.10 Å². The molecule has 2 aromatic heterocycles. The SMILES string of the molecule is COc1ccc(CN2CCC[C@@H](c3nn(C)c4nccnc34)C2)cc1OC(C)C. The first-order valence-electron chi connectivity index (χ1n) is 10.2. The van der Waals surface area contributed by atoms with E-state index in [9.17, 15) is 0 Å². The molecule has 1 aromatic carbocycles. The number of hydrogen-bond donors (Lipinski definition) is 0. The van der Waals surface area contributed by atoms with E-state index in [4.69, 9.17) is 14.6 Å². The Bertz CT molecular complexity index is 984. The molecule has 0 unspecified atom stereocenters. The molecule has 0 aliphatic carbocycles. The number of aromatic nitrogens is 4. The molecule has 154 valence electrons. The van der Waals surface area contributed by atoms with E-state index in [1.807, 2.05) is 31.6 Å². The Labute approximate surface area is 171 Å². The van der Waals surface area contributed by atoms with Gasteiger partial charge in [0.05, 0.1) is 18.9 Å². The lowest BCUT2D eigenvalue weighted by Crippen LogP contribution is -2.34. The van der Waals surface area contributed by atoms with Crippen LogP contribution in [-0.4, -0.2) is 51.0 Å². The van der Waals surface area contributed by atoms with Crippen LogP contribution in [0.25, 0.3) is 11.2 Å². The maximum Gasteiger partial charge on any atom is 0.176 e. The lowest BCUT2D eigenvalue weighted by molar-refractivity contribution is 0.197. The summed E-state index contributed by atoms with van der Waals surface area (Å²) in [5, 5.41) is 4.75.